The summed E-state index contributed by atoms with van der Waals surface area (Å²) in [6, 6.07) is 8.98. The van der Waals surface area contributed by atoms with Crippen molar-refractivity contribution in [3.8, 4) is 11.5 Å². The Morgan fingerprint density at radius 2 is 1.83 bits per heavy atom. The van der Waals surface area contributed by atoms with Crippen molar-refractivity contribution in [2.75, 3.05) is 7.11 Å². The van der Waals surface area contributed by atoms with Crippen molar-refractivity contribution >= 4 is 5.97 Å². The summed E-state index contributed by atoms with van der Waals surface area (Å²) in [5.41, 5.74) is -1.23. The number of alkyl halides is 3. The first kappa shape index (κ1) is 16.7. The van der Waals surface area contributed by atoms with Crippen LogP contribution in [0.5, 0.6) is 11.5 Å². The van der Waals surface area contributed by atoms with E-state index in [0.29, 0.717) is 0 Å². The highest BCUT2D eigenvalue weighted by Gasteiger charge is 2.33. The molecule has 1 N–H and O–H groups in total. The zero-order chi connectivity index (χ0) is 17.0. The van der Waals surface area contributed by atoms with Gasteiger partial charge in [0.2, 0.25) is 0 Å². The summed E-state index contributed by atoms with van der Waals surface area (Å²) in [4.78, 5) is 11.9. The molecular weight excluding hydrogens is 313 g/mol. The molecule has 0 saturated heterocycles. The summed E-state index contributed by atoms with van der Waals surface area (Å²) in [7, 11) is 1.31. The number of phenols is 1. The fourth-order valence-electron chi connectivity index (χ4n) is 2.00. The maximum atomic E-state index is 12.9. The quantitative estimate of drug-likeness (QED) is 0.869. The summed E-state index contributed by atoms with van der Waals surface area (Å²) >= 11 is 0. The number of hydrogen-bond acceptors (Lipinski definition) is 4. The molecule has 0 aliphatic rings. The van der Waals surface area contributed by atoms with Crippen molar-refractivity contribution in [1.29, 1.82) is 0 Å². The van der Waals surface area contributed by atoms with Crippen LogP contribution in [0.4, 0.5) is 13.2 Å². The van der Waals surface area contributed by atoms with Crippen LogP contribution in [0.15, 0.2) is 42.5 Å². The Bertz CT molecular complexity index is 711. The molecule has 2 aromatic carbocycles. The highest BCUT2D eigenvalue weighted by molar-refractivity contribution is 5.93. The first-order chi connectivity index (χ1) is 10.8. The van der Waals surface area contributed by atoms with Gasteiger partial charge in [0.15, 0.2) is 11.5 Å². The smallest absolute Gasteiger partial charge is 0.416 e. The number of phenolic OH excluding ortho intramolecular Hbond substituents is 1. The average Bonchev–Trinajstić information content (AvgIpc) is 2.52. The van der Waals surface area contributed by atoms with Crippen molar-refractivity contribution in [1.82, 2.24) is 0 Å². The molecule has 0 unspecified atom stereocenters. The molecule has 0 saturated carbocycles. The molecule has 0 amide bonds. The third-order valence-electron chi connectivity index (χ3n) is 3.12. The van der Waals surface area contributed by atoms with E-state index in [-0.39, 0.29) is 16.9 Å². The molecule has 4 nitrogen and oxygen atoms in total. The topological polar surface area (TPSA) is 55.8 Å². The van der Waals surface area contributed by atoms with Gasteiger partial charge >= 0.3 is 12.1 Å². The van der Waals surface area contributed by atoms with E-state index in [1.54, 1.807) is 0 Å². The van der Waals surface area contributed by atoms with Crippen LogP contribution in [0, 0.1) is 0 Å². The molecular formula is C16H13F3O4. The van der Waals surface area contributed by atoms with E-state index in [1.807, 2.05) is 0 Å². The number of carbonyl (C=O) groups excluding carboxylic acids is 1. The Morgan fingerprint density at radius 3 is 2.48 bits per heavy atom. The predicted molar refractivity (Wildman–Crippen MR) is 75.2 cm³/mol. The predicted octanol–water partition coefficient (Wildman–Crippen LogP) is 3.78. The summed E-state index contributed by atoms with van der Waals surface area (Å²) in [5.74, 6) is -1.31. The number of rotatable bonds is 4. The molecule has 0 heterocycles. The monoisotopic (exact) mass is 326 g/mol. The highest BCUT2D eigenvalue weighted by Crippen LogP contribution is 2.33. The second kappa shape index (κ2) is 6.60. The van der Waals surface area contributed by atoms with Gasteiger partial charge in [-0.3, -0.25) is 0 Å². The van der Waals surface area contributed by atoms with Gasteiger partial charge in [-0.1, -0.05) is 24.3 Å². The van der Waals surface area contributed by atoms with Gasteiger partial charge in [-0.15, -0.1) is 0 Å². The second-order valence-corrected chi connectivity index (χ2v) is 4.59. The van der Waals surface area contributed by atoms with E-state index in [9.17, 15) is 23.1 Å². The third-order valence-corrected chi connectivity index (χ3v) is 3.12. The molecule has 0 aliphatic carbocycles. The molecule has 2 aromatic rings. The lowest BCUT2D eigenvalue weighted by molar-refractivity contribution is -0.138. The Morgan fingerprint density at radius 1 is 1.13 bits per heavy atom. The summed E-state index contributed by atoms with van der Waals surface area (Å²) in [6.07, 6.45) is -4.54. The molecule has 2 rings (SSSR count). The van der Waals surface area contributed by atoms with Crippen LogP contribution < -0.4 is 4.74 Å². The van der Waals surface area contributed by atoms with Gasteiger partial charge in [0.05, 0.1) is 12.7 Å². The molecule has 0 spiro atoms. The molecule has 0 atom stereocenters. The van der Waals surface area contributed by atoms with Gasteiger partial charge in [0, 0.05) is 5.56 Å². The van der Waals surface area contributed by atoms with Gasteiger partial charge in [0.1, 0.15) is 12.2 Å². The second-order valence-electron chi connectivity index (χ2n) is 4.59. The number of ether oxygens (including phenoxy) is 2. The van der Waals surface area contributed by atoms with Crippen LogP contribution in [-0.2, 0) is 17.5 Å². The Hall–Kier alpha value is -2.70. The van der Waals surface area contributed by atoms with E-state index in [2.05, 4.69) is 0 Å². The normalized spacial score (nSPS) is 11.1. The first-order valence-electron chi connectivity index (χ1n) is 6.52. The molecule has 0 fully saturated rings. The average molecular weight is 326 g/mol. The van der Waals surface area contributed by atoms with E-state index in [0.717, 1.165) is 6.07 Å². The van der Waals surface area contributed by atoms with E-state index >= 15 is 0 Å². The summed E-state index contributed by atoms with van der Waals surface area (Å²) in [5, 5.41) is 9.83. The minimum absolute atomic E-state index is 0.0649. The standard InChI is InChI=1S/C16H13F3O4/c1-22-13-8-4-6-11(14(13)20)15(21)23-9-10-5-2-3-7-12(10)16(17,18)19/h2-8,20H,9H2,1H3. The zero-order valence-electron chi connectivity index (χ0n) is 12.1. The molecule has 7 heteroatoms. The maximum absolute atomic E-state index is 12.9. The van der Waals surface area contributed by atoms with Crippen molar-refractivity contribution in [2.24, 2.45) is 0 Å². The molecule has 122 valence electrons. The van der Waals surface area contributed by atoms with Crippen molar-refractivity contribution in [3.63, 3.8) is 0 Å². The van der Waals surface area contributed by atoms with Gasteiger partial charge in [-0.05, 0) is 18.2 Å². The third kappa shape index (κ3) is 3.74. The van der Waals surface area contributed by atoms with Crippen LogP contribution in [-0.4, -0.2) is 18.2 Å². The van der Waals surface area contributed by atoms with Crippen molar-refractivity contribution in [2.45, 2.75) is 12.8 Å². The van der Waals surface area contributed by atoms with Gasteiger partial charge < -0.3 is 14.6 Å². The van der Waals surface area contributed by atoms with Gasteiger partial charge in [-0.25, -0.2) is 4.79 Å². The van der Waals surface area contributed by atoms with E-state index in [4.69, 9.17) is 9.47 Å². The number of carbonyl (C=O) groups is 1. The minimum atomic E-state index is -4.54. The van der Waals surface area contributed by atoms with Crippen LogP contribution in [0.3, 0.4) is 0 Å². The number of esters is 1. The Balaban J connectivity index is 2.18. The van der Waals surface area contributed by atoms with Crippen LogP contribution >= 0.6 is 0 Å². The van der Waals surface area contributed by atoms with Crippen LogP contribution in [0.2, 0.25) is 0 Å². The number of halogens is 3. The lowest BCUT2D eigenvalue weighted by atomic mass is 10.1. The molecule has 0 aromatic heterocycles. The Kier molecular flexibility index (Phi) is 4.78. The number of methoxy groups -OCH3 is 1. The minimum Gasteiger partial charge on any atom is -0.504 e. The number of benzene rings is 2. The first-order valence-corrected chi connectivity index (χ1v) is 6.52. The SMILES string of the molecule is COc1cccc(C(=O)OCc2ccccc2C(F)(F)F)c1O. The Labute approximate surface area is 130 Å². The molecule has 0 radical (unpaired) electrons. The van der Waals surface area contributed by atoms with Crippen molar-refractivity contribution in [3.05, 3.63) is 59.2 Å². The molecule has 0 bridgehead atoms. The number of para-hydroxylation sites is 1. The summed E-state index contributed by atoms with van der Waals surface area (Å²) in [6.45, 7) is -0.564. The number of aromatic hydroxyl groups is 1. The molecule has 23 heavy (non-hydrogen) atoms. The summed E-state index contributed by atoms with van der Waals surface area (Å²) < 4.78 is 48.3. The molecule has 0 aliphatic heterocycles. The van der Waals surface area contributed by atoms with Crippen LogP contribution in [0.1, 0.15) is 21.5 Å². The number of hydrogen-bond donors (Lipinski definition) is 1. The lowest BCUT2D eigenvalue weighted by Crippen LogP contribution is -2.12. The van der Waals surface area contributed by atoms with Crippen molar-refractivity contribution < 1.29 is 32.5 Å². The zero-order valence-corrected chi connectivity index (χ0v) is 12.1. The van der Waals surface area contributed by atoms with Crippen LogP contribution in [0.25, 0.3) is 0 Å². The van der Waals surface area contributed by atoms with Gasteiger partial charge in [-0.2, -0.15) is 13.2 Å². The van der Waals surface area contributed by atoms with E-state index < -0.39 is 30.1 Å². The van der Waals surface area contributed by atoms with E-state index in [1.165, 1.54) is 43.5 Å². The lowest BCUT2D eigenvalue weighted by Gasteiger charge is -2.13. The van der Waals surface area contributed by atoms with Gasteiger partial charge in [0.25, 0.3) is 0 Å². The fourth-order valence-corrected chi connectivity index (χ4v) is 2.00. The fraction of sp³-hybridized carbons (Fsp3) is 0.188. The maximum Gasteiger partial charge on any atom is 0.416 e. The highest BCUT2D eigenvalue weighted by atomic mass is 19.4. The largest absolute Gasteiger partial charge is 0.504 e.